The number of aromatic carboxylic acids is 1. The first kappa shape index (κ1) is 11.7. The summed E-state index contributed by atoms with van der Waals surface area (Å²) >= 11 is 0. The highest BCUT2D eigenvalue weighted by atomic mass is 16.4. The minimum atomic E-state index is -1.03. The van der Waals surface area contributed by atoms with E-state index >= 15 is 0 Å². The van der Waals surface area contributed by atoms with Gasteiger partial charge in [0.1, 0.15) is 0 Å². The summed E-state index contributed by atoms with van der Waals surface area (Å²) in [5.41, 5.74) is 6.38. The first-order valence-electron chi connectivity index (χ1n) is 5.70. The molecular formula is C12H17N3O2. The van der Waals surface area contributed by atoms with Crippen molar-refractivity contribution in [2.24, 2.45) is 11.8 Å². The van der Waals surface area contributed by atoms with Crippen LogP contribution in [0.15, 0.2) is 12.1 Å². The minimum absolute atomic E-state index is 0.0323. The molecule has 0 spiro atoms. The van der Waals surface area contributed by atoms with Gasteiger partial charge in [-0.15, -0.1) is 0 Å². The van der Waals surface area contributed by atoms with Crippen LogP contribution in [0.1, 0.15) is 23.8 Å². The summed E-state index contributed by atoms with van der Waals surface area (Å²) < 4.78 is 0. The van der Waals surface area contributed by atoms with Crippen LogP contribution >= 0.6 is 0 Å². The molecule has 1 fully saturated rings. The van der Waals surface area contributed by atoms with E-state index in [1.165, 1.54) is 12.5 Å². The molecular weight excluding hydrogens is 218 g/mol. The number of carboxylic acids is 1. The first-order valence-corrected chi connectivity index (χ1v) is 5.70. The molecule has 5 heteroatoms. The predicted octanol–water partition coefficient (Wildman–Crippen LogP) is 1.45. The minimum Gasteiger partial charge on any atom is -0.477 e. The molecule has 1 aliphatic carbocycles. The van der Waals surface area contributed by atoms with Crippen molar-refractivity contribution in [1.29, 1.82) is 0 Å². The third-order valence-corrected chi connectivity index (χ3v) is 3.27. The Morgan fingerprint density at radius 3 is 2.82 bits per heavy atom. The second-order valence-corrected chi connectivity index (χ2v) is 4.77. The smallest absolute Gasteiger partial charge is 0.354 e. The lowest BCUT2D eigenvalue weighted by atomic mass is 10.2. The van der Waals surface area contributed by atoms with Crippen LogP contribution in [0.3, 0.4) is 0 Å². The Kier molecular flexibility index (Phi) is 2.92. The van der Waals surface area contributed by atoms with Gasteiger partial charge in [-0.05, 0) is 30.4 Å². The molecule has 0 radical (unpaired) electrons. The highest BCUT2D eigenvalue weighted by Gasteiger charge is 2.33. The zero-order chi connectivity index (χ0) is 12.6. The van der Waals surface area contributed by atoms with Crippen molar-refractivity contribution in [3.63, 3.8) is 0 Å². The molecule has 0 amide bonds. The zero-order valence-corrected chi connectivity index (χ0v) is 10.1. The topological polar surface area (TPSA) is 79.5 Å². The van der Waals surface area contributed by atoms with Gasteiger partial charge in [0.2, 0.25) is 0 Å². The second-order valence-electron chi connectivity index (χ2n) is 4.77. The molecule has 92 valence electrons. The van der Waals surface area contributed by atoms with Crippen molar-refractivity contribution in [2.75, 3.05) is 24.2 Å². The van der Waals surface area contributed by atoms with Crippen LogP contribution in [0.5, 0.6) is 0 Å². The van der Waals surface area contributed by atoms with Gasteiger partial charge in [0, 0.05) is 13.6 Å². The number of hydrogen-bond acceptors (Lipinski definition) is 4. The van der Waals surface area contributed by atoms with Gasteiger partial charge in [0.05, 0.1) is 5.69 Å². The summed E-state index contributed by atoms with van der Waals surface area (Å²) in [5, 5.41) is 8.90. The van der Waals surface area contributed by atoms with Gasteiger partial charge < -0.3 is 15.7 Å². The quantitative estimate of drug-likeness (QED) is 0.825. The number of hydrogen-bond donors (Lipinski definition) is 2. The number of nitrogens with two attached hydrogens (primary N) is 1. The molecule has 2 rings (SSSR count). The van der Waals surface area contributed by atoms with Crippen molar-refractivity contribution in [2.45, 2.75) is 13.3 Å². The van der Waals surface area contributed by atoms with E-state index in [9.17, 15) is 4.79 Å². The zero-order valence-electron chi connectivity index (χ0n) is 10.1. The Balaban J connectivity index is 2.17. The van der Waals surface area contributed by atoms with E-state index in [1.807, 2.05) is 11.9 Å². The van der Waals surface area contributed by atoms with E-state index in [4.69, 9.17) is 10.8 Å². The van der Waals surface area contributed by atoms with E-state index < -0.39 is 5.97 Å². The number of aromatic nitrogens is 1. The van der Waals surface area contributed by atoms with Gasteiger partial charge >= 0.3 is 5.97 Å². The monoisotopic (exact) mass is 235 g/mol. The van der Waals surface area contributed by atoms with E-state index in [2.05, 4.69) is 11.9 Å². The second kappa shape index (κ2) is 4.24. The predicted molar refractivity (Wildman–Crippen MR) is 66.1 cm³/mol. The third kappa shape index (κ3) is 2.49. The van der Waals surface area contributed by atoms with Gasteiger partial charge in [0.25, 0.3) is 0 Å². The summed E-state index contributed by atoms with van der Waals surface area (Å²) in [4.78, 5) is 16.9. The highest BCUT2D eigenvalue weighted by Crippen LogP contribution is 2.39. The van der Waals surface area contributed by atoms with E-state index in [0.717, 1.165) is 12.5 Å². The molecule has 17 heavy (non-hydrogen) atoms. The lowest BCUT2D eigenvalue weighted by Gasteiger charge is -2.20. The molecule has 0 saturated heterocycles. The maximum Gasteiger partial charge on any atom is 0.354 e. The van der Waals surface area contributed by atoms with Crippen LogP contribution in [0.2, 0.25) is 0 Å². The molecule has 5 nitrogen and oxygen atoms in total. The van der Waals surface area contributed by atoms with Crippen molar-refractivity contribution in [3.8, 4) is 0 Å². The lowest BCUT2D eigenvalue weighted by Crippen LogP contribution is -2.23. The molecule has 1 aromatic heterocycles. The molecule has 0 aliphatic heterocycles. The largest absolute Gasteiger partial charge is 0.477 e. The van der Waals surface area contributed by atoms with Gasteiger partial charge in [-0.3, -0.25) is 0 Å². The fourth-order valence-corrected chi connectivity index (χ4v) is 1.98. The molecule has 2 unspecified atom stereocenters. The van der Waals surface area contributed by atoms with Gasteiger partial charge in [-0.2, -0.15) is 0 Å². The average molecular weight is 235 g/mol. The molecule has 3 N–H and O–H groups in total. The van der Waals surface area contributed by atoms with E-state index in [0.29, 0.717) is 17.4 Å². The van der Waals surface area contributed by atoms with E-state index in [-0.39, 0.29) is 5.69 Å². The number of nitrogen functional groups attached to an aromatic ring is 1. The lowest BCUT2D eigenvalue weighted by molar-refractivity contribution is 0.0690. The van der Waals surface area contributed by atoms with Gasteiger partial charge in [0.15, 0.2) is 11.5 Å². The number of rotatable bonds is 4. The third-order valence-electron chi connectivity index (χ3n) is 3.27. The Bertz CT molecular complexity index is 447. The summed E-state index contributed by atoms with van der Waals surface area (Å²) in [6.07, 6.45) is 1.23. The summed E-state index contributed by atoms with van der Waals surface area (Å²) in [7, 11) is 1.90. The molecule has 0 aromatic carbocycles. The van der Waals surface area contributed by atoms with Crippen molar-refractivity contribution in [3.05, 3.63) is 17.8 Å². The molecule has 1 heterocycles. The normalized spacial score (nSPS) is 22.2. The van der Waals surface area contributed by atoms with Crippen molar-refractivity contribution < 1.29 is 9.90 Å². The first-order chi connectivity index (χ1) is 7.99. The number of anilines is 2. The fourth-order valence-electron chi connectivity index (χ4n) is 1.98. The molecule has 2 atom stereocenters. The van der Waals surface area contributed by atoms with E-state index in [1.54, 1.807) is 6.07 Å². The van der Waals surface area contributed by atoms with Gasteiger partial charge in [-0.25, -0.2) is 9.78 Å². The maximum absolute atomic E-state index is 10.9. The fraction of sp³-hybridized carbons (Fsp3) is 0.500. The van der Waals surface area contributed by atoms with Crippen LogP contribution in [-0.4, -0.2) is 29.7 Å². The number of nitrogens with zero attached hydrogens (tertiary/aromatic N) is 2. The molecule has 1 aromatic rings. The van der Waals surface area contributed by atoms with Crippen LogP contribution in [0, 0.1) is 11.8 Å². The SMILES string of the molecule is CC1CC1CN(C)c1nc(C(=O)O)ccc1N. The Labute approximate surface area is 100 Å². The van der Waals surface area contributed by atoms with Crippen LogP contribution in [-0.2, 0) is 0 Å². The molecule has 1 aliphatic rings. The van der Waals surface area contributed by atoms with Crippen LogP contribution in [0.4, 0.5) is 11.5 Å². The summed E-state index contributed by atoms with van der Waals surface area (Å²) in [6, 6.07) is 3.02. The van der Waals surface area contributed by atoms with Gasteiger partial charge in [-0.1, -0.05) is 6.92 Å². The molecule has 1 saturated carbocycles. The number of pyridine rings is 1. The Morgan fingerprint density at radius 2 is 2.29 bits per heavy atom. The number of carboxylic acid groups (broad SMARTS) is 1. The highest BCUT2D eigenvalue weighted by molar-refractivity contribution is 5.86. The summed E-state index contributed by atoms with van der Waals surface area (Å²) in [6.45, 7) is 3.09. The van der Waals surface area contributed by atoms with Crippen molar-refractivity contribution >= 4 is 17.5 Å². The number of carbonyl (C=O) groups is 1. The van der Waals surface area contributed by atoms with Crippen molar-refractivity contribution in [1.82, 2.24) is 4.98 Å². The van der Waals surface area contributed by atoms with Crippen LogP contribution < -0.4 is 10.6 Å². The average Bonchev–Trinajstić information content (AvgIpc) is 2.94. The maximum atomic E-state index is 10.9. The Morgan fingerprint density at radius 1 is 1.65 bits per heavy atom. The Hall–Kier alpha value is -1.78. The summed E-state index contributed by atoms with van der Waals surface area (Å²) in [5.74, 6) is 0.958. The molecule has 0 bridgehead atoms. The standard InChI is InChI=1S/C12H17N3O2/c1-7-5-8(7)6-15(2)11-9(13)3-4-10(14-11)12(16)17/h3-4,7-8H,5-6,13H2,1-2H3,(H,16,17). The van der Waals surface area contributed by atoms with Crippen LogP contribution in [0.25, 0.3) is 0 Å².